The van der Waals surface area contributed by atoms with Crippen LogP contribution in [-0.4, -0.2) is 30.1 Å². The SMILES string of the molecule is Cc1cc(CN)ccc1S(=O)(=O)NCCCc1ncn[nH]1. The van der Waals surface area contributed by atoms with Crippen LogP contribution < -0.4 is 10.5 Å². The summed E-state index contributed by atoms with van der Waals surface area (Å²) in [6.07, 6.45) is 2.73. The van der Waals surface area contributed by atoms with Gasteiger partial charge in [-0.3, -0.25) is 5.10 Å². The average Bonchev–Trinajstić information content (AvgIpc) is 2.96. The highest BCUT2D eigenvalue weighted by molar-refractivity contribution is 7.89. The van der Waals surface area contributed by atoms with Gasteiger partial charge in [0.1, 0.15) is 12.2 Å². The van der Waals surface area contributed by atoms with Gasteiger partial charge in [-0.2, -0.15) is 5.10 Å². The zero-order valence-corrected chi connectivity index (χ0v) is 12.7. The first-order valence-corrected chi connectivity index (χ1v) is 8.15. The molecule has 0 spiro atoms. The highest BCUT2D eigenvalue weighted by atomic mass is 32.2. The first kappa shape index (κ1) is 15.6. The van der Waals surface area contributed by atoms with E-state index in [1.807, 2.05) is 0 Å². The van der Waals surface area contributed by atoms with E-state index in [0.29, 0.717) is 36.4 Å². The fourth-order valence-electron chi connectivity index (χ4n) is 2.03. The Morgan fingerprint density at radius 3 is 2.81 bits per heavy atom. The third-order valence-electron chi connectivity index (χ3n) is 3.11. The molecule has 0 fully saturated rings. The van der Waals surface area contributed by atoms with Crippen molar-refractivity contribution >= 4 is 10.0 Å². The van der Waals surface area contributed by atoms with E-state index in [2.05, 4.69) is 19.9 Å². The van der Waals surface area contributed by atoms with Gasteiger partial charge in [0, 0.05) is 19.5 Å². The molecule has 0 aliphatic heterocycles. The van der Waals surface area contributed by atoms with Crippen LogP contribution in [-0.2, 0) is 23.0 Å². The van der Waals surface area contributed by atoms with E-state index in [-0.39, 0.29) is 0 Å². The van der Waals surface area contributed by atoms with Crippen molar-refractivity contribution in [1.82, 2.24) is 19.9 Å². The zero-order chi connectivity index (χ0) is 15.3. The molecular weight excluding hydrogens is 290 g/mol. The van der Waals surface area contributed by atoms with Gasteiger partial charge in [-0.1, -0.05) is 12.1 Å². The number of nitrogens with two attached hydrogens (primary N) is 1. The quantitative estimate of drug-likeness (QED) is 0.644. The lowest BCUT2D eigenvalue weighted by Gasteiger charge is -2.10. The van der Waals surface area contributed by atoms with Gasteiger partial charge in [-0.25, -0.2) is 18.1 Å². The number of aryl methyl sites for hydroxylation is 2. The van der Waals surface area contributed by atoms with Crippen LogP contribution >= 0.6 is 0 Å². The van der Waals surface area contributed by atoms with Crippen molar-refractivity contribution in [2.75, 3.05) is 6.54 Å². The topological polar surface area (TPSA) is 114 Å². The van der Waals surface area contributed by atoms with Crippen molar-refractivity contribution in [1.29, 1.82) is 0 Å². The van der Waals surface area contributed by atoms with Crippen LogP contribution in [0.5, 0.6) is 0 Å². The number of benzene rings is 1. The number of rotatable bonds is 7. The average molecular weight is 309 g/mol. The van der Waals surface area contributed by atoms with Gasteiger partial charge in [-0.05, 0) is 30.5 Å². The lowest BCUT2D eigenvalue weighted by molar-refractivity contribution is 0.577. The Morgan fingerprint density at radius 2 is 2.19 bits per heavy atom. The van der Waals surface area contributed by atoms with Gasteiger partial charge < -0.3 is 5.73 Å². The second-order valence-corrected chi connectivity index (χ2v) is 6.47. The van der Waals surface area contributed by atoms with E-state index >= 15 is 0 Å². The smallest absolute Gasteiger partial charge is 0.240 e. The van der Waals surface area contributed by atoms with Gasteiger partial charge in [-0.15, -0.1) is 0 Å². The van der Waals surface area contributed by atoms with E-state index in [1.54, 1.807) is 25.1 Å². The van der Waals surface area contributed by atoms with Crippen LogP contribution in [0.2, 0.25) is 0 Å². The molecule has 0 bridgehead atoms. The molecule has 1 aromatic heterocycles. The summed E-state index contributed by atoms with van der Waals surface area (Å²) < 4.78 is 27.1. The molecule has 8 heteroatoms. The van der Waals surface area contributed by atoms with Crippen molar-refractivity contribution in [2.24, 2.45) is 5.73 Å². The third kappa shape index (κ3) is 4.10. The fourth-order valence-corrected chi connectivity index (χ4v) is 3.33. The summed E-state index contributed by atoms with van der Waals surface area (Å²) in [5.74, 6) is 0.748. The molecule has 1 heterocycles. The molecule has 0 unspecified atom stereocenters. The van der Waals surface area contributed by atoms with Gasteiger partial charge in [0.25, 0.3) is 0 Å². The predicted octanol–water partition coefficient (Wildman–Crippen LogP) is 0.483. The summed E-state index contributed by atoms with van der Waals surface area (Å²) in [5, 5.41) is 6.48. The van der Waals surface area contributed by atoms with Crippen LogP contribution in [0.25, 0.3) is 0 Å². The van der Waals surface area contributed by atoms with E-state index in [4.69, 9.17) is 5.73 Å². The molecule has 0 radical (unpaired) electrons. The molecule has 7 nitrogen and oxygen atoms in total. The number of sulfonamides is 1. The van der Waals surface area contributed by atoms with E-state index in [1.165, 1.54) is 6.33 Å². The summed E-state index contributed by atoms with van der Waals surface area (Å²) in [6, 6.07) is 5.12. The molecule has 0 amide bonds. The predicted molar refractivity (Wildman–Crippen MR) is 79.0 cm³/mol. The first-order chi connectivity index (χ1) is 10.0. The number of nitrogens with one attached hydrogen (secondary N) is 2. The molecule has 2 rings (SSSR count). The second-order valence-electron chi connectivity index (χ2n) is 4.74. The highest BCUT2D eigenvalue weighted by Gasteiger charge is 2.16. The molecule has 1 aromatic carbocycles. The van der Waals surface area contributed by atoms with Gasteiger partial charge >= 0.3 is 0 Å². The fraction of sp³-hybridized carbons (Fsp3) is 0.385. The summed E-state index contributed by atoms with van der Waals surface area (Å²) in [4.78, 5) is 4.28. The molecule has 0 aliphatic rings. The number of aromatic amines is 1. The third-order valence-corrected chi connectivity index (χ3v) is 4.73. The lowest BCUT2D eigenvalue weighted by atomic mass is 10.1. The van der Waals surface area contributed by atoms with E-state index < -0.39 is 10.0 Å². The first-order valence-electron chi connectivity index (χ1n) is 6.66. The zero-order valence-electron chi connectivity index (χ0n) is 11.8. The Bertz CT molecular complexity index is 683. The van der Waals surface area contributed by atoms with Crippen molar-refractivity contribution in [3.63, 3.8) is 0 Å². The minimum atomic E-state index is -3.49. The highest BCUT2D eigenvalue weighted by Crippen LogP contribution is 2.16. The number of hydrogen-bond acceptors (Lipinski definition) is 5. The van der Waals surface area contributed by atoms with Crippen molar-refractivity contribution < 1.29 is 8.42 Å². The summed E-state index contributed by atoms with van der Waals surface area (Å²) in [6.45, 7) is 2.51. The Kier molecular flexibility index (Phi) is 5.05. The second kappa shape index (κ2) is 6.79. The van der Waals surface area contributed by atoms with Crippen LogP contribution in [0.15, 0.2) is 29.4 Å². The molecule has 0 aliphatic carbocycles. The molecule has 0 atom stereocenters. The van der Waals surface area contributed by atoms with Crippen LogP contribution in [0.4, 0.5) is 0 Å². The minimum Gasteiger partial charge on any atom is -0.326 e. The van der Waals surface area contributed by atoms with Crippen molar-refractivity contribution in [2.45, 2.75) is 31.2 Å². The maximum absolute atomic E-state index is 12.2. The largest absolute Gasteiger partial charge is 0.326 e. The Balaban J connectivity index is 1.95. The Labute approximate surface area is 124 Å². The molecule has 2 aromatic rings. The monoisotopic (exact) mass is 309 g/mol. The number of H-pyrrole nitrogens is 1. The Hall–Kier alpha value is -1.77. The van der Waals surface area contributed by atoms with Gasteiger partial charge in [0.05, 0.1) is 4.90 Å². The minimum absolute atomic E-state index is 0.291. The maximum atomic E-state index is 12.2. The summed E-state index contributed by atoms with van der Waals surface area (Å²) >= 11 is 0. The van der Waals surface area contributed by atoms with Crippen LogP contribution in [0.1, 0.15) is 23.4 Å². The number of aromatic nitrogens is 3. The standard InChI is InChI=1S/C13H19N5O2S/c1-10-7-11(8-14)4-5-12(10)21(19,20)17-6-2-3-13-15-9-16-18-13/h4-5,7,9,17H,2-3,6,8,14H2,1H3,(H,15,16,18). The van der Waals surface area contributed by atoms with E-state index in [9.17, 15) is 8.42 Å². The van der Waals surface area contributed by atoms with Gasteiger partial charge in [0.15, 0.2) is 0 Å². The molecule has 0 saturated heterocycles. The molecular formula is C13H19N5O2S. The molecule has 0 saturated carbocycles. The Morgan fingerprint density at radius 1 is 1.38 bits per heavy atom. The van der Waals surface area contributed by atoms with Crippen LogP contribution in [0, 0.1) is 6.92 Å². The summed E-state index contributed by atoms with van der Waals surface area (Å²) in [7, 11) is -3.49. The van der Waals surface area contributed by atoms with Crippen LogP contribution in [0.3, 0.4) is 0 Å². The van der Waals surface area contributed by atoms with Gasteiger partial charge in [0.2, 0.25) is 10.0 Å². The number of nitrogens with zero attached hydrogens (tertiary/aromatic N) is 2. The van der Waals surface area contributed by atoms with E-state index in [0.717, 1.165) is 11.4 Å². The molecule has 4 N–H and O–H groups in total. The summed E-state index contributed by atoms with van der Waals surface area (Å²) in [5.41, 5.74) is 7.15. The number of hydrogen-bond donors (Lipinski definition) is 3. The molecule has 21 heavy (non-hydrogen) atoms. The maximum Gasteiger partial charge on any atom is 0.240 e. The van der Waals surface area contributed by atoms with Crippen molar-refractivity contribution in [3.05, 3.63) is 41.5 Å². The normalized spacial score (nSPS) is 11.7. The van der Waals surface area contributed by atoms with Crippen molar-refractivity contribution in [3.8, 4) is 0 Å². The lowest BCUT2D eigenvalue weighted by Crippen LogP contribution is -2.26. The molecule has 114 valence electrons.